The molecule has 0 bridgehead atoms. The summed E-state index contributed by atoms with van der Waals surface area (Å²) in [7, 11) is 1.30. The Balaban J connectivity index is 0.000000288. The minimum atomic E-state index is -0.380. The van der Waals surface area contributed by atoms with Crippen molar-refractivity contribution in [3.8, 4) is 0 Å². The number of carbonyl (C=O) groups is 1. The van der Waals surface area contributed by atoms with Gasteiger partial charge in [-0.2, -0.15) is 0 Å². The minimum Gasteiger partial charge on any atom is -0.468 e. The van der Waals surface area contributed by atoms with Crippen molar-refractivity contribution in [2.45, 2.75) is 0 Å². The summed E-state index contributed by atoms with van der Waals surface area (Å²) < 4.78 is 16.3. The van der Waals surface area contributed by atoms with E-state index >= 15 is 0 Å². The topological polar surface area (TPSA) is 76.2 Å². The number of nitrogens with two attached hydrogens (primary N) is 1. The first-order valence-electron chi connectivity index (χ1n) is 4.17. The molecule has 3 N–H and O–H groups in total. The molecule has 0 saturated heterocycles. The molecule has 0 saturated carbocycles. The van der Waals surface area contributed by atoms with Crippen molar-refractivity contribution in [2.75, 3.05) is 13.7 Å². The second-order valence-electron chi connectivity index (χ2n) is 2.48. The standard InChI is InChI=1S/C7H6FN.C3H7NO2/c8-7-3-1-6(5-9)2-4-7;1-6-3(5)2-4/h1-5,9H;2,4H2,1H3. The van der Waals surface area contributed by atoms with Gasteiger partial charge >= 0.3 is 5.97 Å². The molecule has 0 aliphatic carbocycles. The van der Waals surface area contributed by atoms with Gasteiger partial charge < -0.3 is 15.9 Å². The number of rotatable bonds is 2. The summed E-state index contributed by atoms with van der Waals surface area (Å²) in [6.07, 6.45) is 1.18. The molecule has 0 unspecified atom stereocenters. The van der Waals surface area contributed by atoms with Gasteiger partial charge in [0.1, 0.15) is 5.82 Å². The van der Waals surface area contributed by atoms with Gasteiger partial charge in [-0.05, 0) is 17.7 Å². The molecule has 0 radical (unpaired) electrons. The van der Waals surface area contributed by atoms with Crippen molar-refractivity contribution in [1.82, 2.24) is 0 Å². The lowest BCUT2D eigenvalue weighted by Crippen LogP contribution is -2.14. The third kappa shape index (κ3) is 6.34. The highest BCUT2D eigenvalue weighted by Crippen LogP contribution is 1.98. The average molecular weight is 212 g/mol. The predicted molar refractivity (Wildman–Crippen MR) is 55.4 cm³/mol. The summed E-state index contributed by atoms with van der Waals surface area (Å²) in [4.78, 5) is 9.83. The van der Waals surface area contributed by atoms with E-state index in [0.29, 0.717) is 0 Å². The highest BCUT2D eigenvalue weighted by molar-refractivity contribution is 5.76. The molecule has 4 nitrogen and oxygen atoms in total. The molecule has 0 aromatic heterocycles. The molecule has 15 heavy (non-hydrogen) atoms. The summed E-state index contributed by atoms with van der Waals surface area (Å²) in [5.74, 6) is -0.643. The molecule has 0 aliphatic rings. The SMILES string of the molecule is COC(=O)CN.N=Cc1ccc(F)cc1. The zero-order chi connectivity index (χ0) is 11.7. The number of benzene rings is 1. The normalized spacial score (nSPS) is 8.47. The third-order valence-corrected chi connectivity index (χ3v) is 1.43. The summed E-state index contributed by atoms with van der Waals surface area (Å²) in [6.45, 7) is -0.0312. The number of nitrogens with one attached hydrogen (secondary N) is 1. The monoisotopic (exact) mass is 212 g/mol. The Bertz CT molecular complexity index is 306. The zero-order valence-electron chi connectivity index (χ0n) is 8.37. The molecule has 0 amide bonds. The van der Waals surface area contributed by atoms with Crippen LogP contribution in [0.2, 0.25) is 0 Å². The van der Waals surface area contributed by atoms with Crippen LogP contribution < -0.4 is 5.73 Å². The van der Waals surface area contributed by atoms with Crippen molar-refractivity contribution in [3.05, 3.63) is 35.6 Å². The Hall–Kier alpha value is -1.75. The molecule has 0 heterocycles. The van der Waals surface area contributed by atoms with Crippen LogP contribution in [-0.4, -0.2) is 25.8 Å². The first-order valence-corrected chi connectivity index (χ1v) is 4.17. The van der Waals surface area contributed by atoms with Crippen molar-refractivity contribution in [3.63, 3.8) is 0 Å². The molecule has 1 rings (SSSR count). The summed E-state index contributed by atoms with van der Waals surface area (Å²) in [6, 6.07) is 5.78. The smallest absolute Gasteiger partial charge is 0.319 e. The van der Waals surface area contributed by atoms with Crippen LogP contribution in [0.15, 0.2) is 24.3 Å². The summed E-state index contributed by atoms with van der Waals surface area (Å²) in [5.41, 5.74) is 5.53. The van der Waals surface area contributed by atoms with Gasteiger partial charge in [-0.25, -0.2) is 4.39 Å². The predicted octanol–water partition coefficient (Wildman–Crippen LogP) is 0.941. The van der Waals surface area contributed by atoms with Crippen LogP contribution in [0, 0.1) is 11.2 Å². The van der Waals surface area contributed by atoms with Crippen LogP contribution in [0.3, 0.4) is 0 Å². The van der Waals surface area contributed by atoms with Gasteiger partial charge in [0.2, 0.25) is 0 Å². The van der Waals surface area contributed by atoms with E-state index in [9.17, 15) is 9.18 Å². The number of hydrogen-bond acceptors (Lipinski definition) is 4. The maximum Gasteiger partial charge on any atom is 0.319 e. The zero-order valence-corrected chi connectivity index (χ0v) is 8.37. The van der Waals surface area contributed by atoms with Gasteiger partial charge in [0.05, 0.1) is 13.7 Å². The maximum absolute atomic E-state index is 12.1. The van der Waals surface area contributed by atoms with Gasteiger partial charge in [-0.15, -0.1) is 0 Å². The number of hydrogen-bond donors (Lipinski definition) is 2. The van der Waals surface area contributed by atoms with Crippen LogP contribution in [0.5, 0.6) is 0 Å². The number of ether oxygens (including phenoxy) is 1. The first-order chi connectivity index (χ1) is 7.13. The van der Waals surface area contributed by atoms with Crippen LogP contribution in [0.4, 0.5) is 4.39 Å². The second-order valence-corrected chi connectivity index (χ2v) is 2.48. The molecule has 0 aliphatic heterocycles. The van der Waals surface area contributed by atoms with E-state index in [1.54, 1.807) is 12.1 Å². The van der Waals surface area contributed by atoms with E-state index in [2.05, 4.69) is 4.74 Å². The third-order valence-electron chi connectivity index (χ3n) is 1.43. The lowest BCUT2D eigenvalue weighted by Gasteiger charge is -1.87. The molecule has 5 heteroatoms. The molecular formula is C10H13FN2O2. The molecule has 0 fully saturated rings. The number of esters is 1. The molecule has 1 aromatic carbocycles. The lowest BCUT2D eigenvalue weighted by molar-refractivity contribution is -0.138. The van der Waals surface area contributed by atoms with Gasteiger partial charge in [-0.1, -0.05) is 12.1 Å². The fourth-order valence-corrected chi connectivity index (χ4v) is 0.642. The highest BCUT2D eigenvalue weighted by Gasteiger charge is 1.88. The Morgan fingerprint density at radius 3 is 2.33 bits per heavy atom. The number of halogens is 1. The van der Waals surface area contributed by atoms with Crippen molar-refractivity contribution >= 4 is 12.2 Å². The Labute approximate surface area is 87.4 Å². The molecule has 1 aromatic rings. The van der Waals surface area contributed by atoms with Gasteiger partial charge in [0.25, 0.3) is 0 Å². The maximum atomic E-state index is 12.1. The first kappa shape index (κ1) is 13.2. The largest absolute Gasteiger partial charge is 0.468 e. The molecule has 0 spiro atoms. The molecular weight excluding hydrogens is 199 g/mol. The van der Waals surface area contributed by atoms with Crippen LogP contribution >= 0.6 is 0 Å². The van der Waals surface area contributed by atoms with Crippen molar-refractivity contribution in [1.29, 1.82) is 5.41 Å². The Morgan fingerprint density at radius 1 is 1.53 bits per heavy atom. The minimum absolute atomic E-state index is 0.0312. The van der Waals surface area contributed by atoms with Crippen LogP contribution in [0.25, 0.3) is 0 Å². The average Bonchev–Trinajstić information content (AvgIpc) is 2.30. The quantitative estimate of drug-likeness (QED) is 0.565. The van der Waals surface area contributed by atoms with E-state index in [4.69, 9.17) is 11.1 Å². The van der Waals surface area contributed by atoms with Crippen LogP contribution in [0.1, 0.15) is 5.56 Å². The number of methoxy groups -OCH3 is 1. The second kappa shape index (κ2) is 7.64. The van der Waals surface area contributed by atoms with E-state index in [0.717, 1.165) is 5.56 Å². The highest BCUT2D eigenvalue weighted by atomic mass is 19.1. The fourth-order valence-electron chi connectivity index (χ4n) is 0.642. The Morgan fingerprint density at radius 2 is 2.07 bits per heavy atom. The lowest BCUT2D eigenvalue weighted by atomic mass is 10.2. The van der Waals surface area contributed by atoms with Crippen molar-refractivity contribution < 1.29 is 13.9 Å². The van der Waals surface area contributed by atoms with Crippen molar-refractivity contribution in [2.24, 2.45) is 5.73 Å². The number of carbonyl (C=O) groups excluding carboxylic acids is 1. The van der Waals surface area contributed by atoms with E-state index in [1.807, 2.05) is 0 Å². The van der Waals surface area contributed by atoms with Gasteiger partial charge in [0.15, 0.2) is 0 Å². The van der Waals surface area contributed by atoms with Gasteiger partial charge in [-0.3, -0.25) is 4.79 Å². The Kier molecular flexibility index (Phi) is 6.74. The fraction of sp³-hybridized carbons (Fsp3) is 0.200. The van der Waals surface area contributed by atoms with E-state index in [-0.39, 0.29) is 18.3 Å². The summed E-state index contributed by atoms with van der Waals surface area (Å²) in [5, 5.41) is 6.77. The molecule has 82 valence electrons. The van der Waals surface area contributed by atoms with Gasteiger partial charge in [0, 0.05) is 6.21 Å². The van der Waals surface area contributed by atoms with E-state index in [1.165, 1.54) is 25.5 Å². The van der Waals surface area contributed by atoms with E-state index < -0.39 is 0 Å². The summed E-state index contributed by atoms with van der Waals surface area (Å²) >= 11 is 0. The van der Waals surface area contributed by atoms with Crippen LogP contribution in [-0.2, 0) is 9.53 Å². The molecule has 0 atom stereocenters.